The number of rotatable bonds is 3. The van der Waals surface area contributed by atoms with E-state index in [9.17, 15) is 0 Å². The molecule has 0 radical (unpaired) electrons. The zero-order chi connectivity index (χ0) is 8.27. The third kappa shape index (κ3) is 2.05. The van der Waals surface area contributed by atoms with E-state index in [1.54, 1.807) is 4.68 Å². The Morgan fingerprint density at radius 3 is 2.82 bits per heavy atom. The predicted molar refractivity (Wildman–Crippen MR) is 43.4 cm³/mol. The highest BCUT2D eigenvalue weighted by molar-refractivity contribution is 5.03. The van der Waals surface area contributed by atoms with E-state index in [1.165, 1.54) is 0 Å². The summed E-state index contributed by atoms with van der Waals surface area (Å²) in [5.41, 5.74) is 1.08. The molecule has 0 aliphatic rings. The van der Waals surface area contributed by atoms with E-state index in [0.29, 0.717) is 12.5 Å². The Kier molecular flexibility index (Phi) is 2.65. The molecule has 1 aromatic heterocycles. The first-order valence-electron chi connectivity index (χ1n) is 3.88. The summed E-state index contributed by atoms with van der Waals surface area (Å²) < 4.78 is 1.76. The maximum absolute atomic E-state index is 8.61. The summed E-state index contributed by atoms with van der Waals surface area (Å²) in [7, 11) is 0. The Bertz CT molecular complexity index is 218. The molecule has 62 valence electrons. The van der Waals surface area contributed by atoms with Crippen molar-refractivity contribution in [1.29, 1.82) is 0 Å². The molecule has 0 aliphatic carbocycles. The second kappa shape index (κ2) is 3.53. The molecule has 0 aliphatic heterocycles. The number of hydrogen-bond acceptors (Lipinski definition) is 2. The van der Waals surface area contributed by atoms with Gasteiger partial charge in [-0.15, -0.1) is 0 Å². The molecular weight excluding hydrogens is 140 g/mol. The van der Waals surface area contributed by atoms with Gasteiger partial charge < -0.3 is 5.11 Å². The van der Waals surface area contributed by atoms with Crippen LogP contribution in [0.25, 0.3) is 0 Å². The van der Waals surface area contributed by atoms with Crippen LogP contribution in [-0.2, 0) is 6.54 Å². The summed E-state index contributed by atoms with van der Waals surface area (Å²) in [6.07, 6.45) is 1.89. The molecule has 0 fully saturated rings. The van der Waals surface area contributed by atoms with E-state index in [4.69, 9.17) is 5.11 Å². The van der Waals surface area contributed by atoms with Crippen LogP contribution in [0, 0.1) is 0 Å². The lowest BCUT2D eigenvalue weighted by atomic mass is 10.1. The van der Waals surface area contributed by atoms with Crippen molar-refractivity contribution < 1.29 is 5.11 Å². The van der Waals surface area contributed by atoms with Crippen LogP contribution in [-0.4, -0.2) is 21.5 Å². The molecule has 1 aromatic rings. The number of aromatic nitrogens is 2. The van der Waals surface area contributed by atoms with E-state index < -0.39 is 0 Å². The van der Waals surface area contributed by atoms with Crippen molar-refractivity contribution in [3.8, 4) is 0 Å². The summed E-state index contributed by atoms with van der Waals surface area (Å²) >= 11 is 0. The van der Waals surface area contributed by atoms with E-state index in [2.05, 4.69) is 18.9 Å². The predicted octanol–water partition coefficient (Wildman–Crippen LogP) is 0.999. The smallest absolute Gasteiger partial charge is 0.0649 e. The highest BCUT2D eigenvalue weighted by Crippen LogP contribution is 2.09. The Morgan fingerprint density at radius 1 is 1.64 bits per heavy atom. The lowest BCUT2D eigenvalue weighted by Gasteiger charge is -1.98. The van der Waals surface area contributed by atoms with Gasteiger partial charge in [-0.2, -0.15) is 5.10 Å². The van der Waals surface area contributed by atoms with Crippen LogP contribution in [0.2, 0.25) is 0 Å². The number of hydrogen-bond donors (Lipinski definition) is 1. The topological polar surface area (TPSA) is 38.0 Å². The minimum absolute atomic E-state index is 0.152. The van der Waals surface area contributed by atoms with Crippen molar-refractivity contribution in [2.45, 2.75) is 26.3 Å². The van der Waals surface area contributed by atoms with E-state index in [-0.39, 0.29) is 6.61 Å². The SMILES string of the molecule is CC(C)c1ccn(CCO)n1. The Hall–Kier alpha value is -0.830. The molecule has 11 heavy (non-hydrogen) atoms. The molecule has 0 aromatic carbocycles. The van der Waals surface area contributed by atoms with Gasteiger partial charge in [0.2, 0.25) is 0 Å². The Balaban J connectivity index is 2.66. The van der Waals surface area contributed by atoms with Gasteiger partial charge in [-0.05, 0) is 12.0 Å². The molecule has 1 heterocycles. The minimum atomic E-state index is 0.152. The normalized spacial score (nSPS) is 10.9. The van der Waals surface area contributed by atoms with E-state index >= 15 is 0 Å². The number of nitrogens with zero attached hydrogens (tertiary/aromatic N) is 2. The summed E-state index contributed by atoms with van der Waals surface area (Å²) in [6.45, 7) is 4.95. The van der Waals surface area contributed by atoms with Crippen LogP contribution in [0.15, 0.2) is 12.3 Å². The first kappa shape index (κ1) is 8.27. The number of aliphatic hydroxyl groups is 1. The highest BCUT2D eigenvalue weighted by Gasteiger charge is 2.01. The molecule has 1 rings (SSSR count). The standard InChI is InChI=1S/C8H14N2O/c1-7(2)8-3-4-10(9-8)5-6-11/h3-4,7,11H,5-6H2,1-2H3. The molecule has 0 spiro atoms. The van der Waals surface area contributed by atoms with Gasteiger partial charge in [-0.25, -0.2) is 0 Å². The average Bonchev–Trinajstić information content (AvgIpc) is 2.37. The third-order valence-corrected chi connectivity index (χ3v) is 1.58. The van der Waals surface area contributed by atoms with Crippen molar-refractivity contribution >= 4 is 0 Å². The zero-order valence-corrected chi connectivity index (χ0v) is 6.99. The van der Waals surface area contributed by atoms with Gasteiger partial charge in [0, 0.05) is 6.20 Å². The molecule has 0 bridgehead atoms. The molecule has 3 heteroatoms. The maximum atomic E-state index is 8.61. The first-order chi connectivity index (χ1) is 5.24. The molecule has 0 atom stereocenters. The fourth-order valence-electron chi connectivity index (χ4n) is 0.912. The fourth-order valence-corrected chi connectivity index (χ4v) is 0.912. The van der Waals surface area contributed by atoms with Crippen LogP contribution < -0.4 is 0 Å². The Morgan fingerprint density at radius 2 is 2.36 bits per heavy atom. The van der Waals surface area contributed by atoms with Gasteiger partial charge in [-0.1, -0.05) is 13.8 Å². The molecule has 0 saturated carbocycles. The summed E-state index contributed by atoms with van der Waals surface area (Å²) in [5.74, 6) is 0.468. The largest absolute Gasteiger partial charge is 0.394 e. The lowest BCUT2D eigenvalue weighted by Crippen LogP contribution is -2.03. The van der Waals surface area contributed by atoms with Crippen LogP contribution in [0.4, 0.5) is 0 Å². The van der Waals surface area contributed by atoms with Crippen molar-refractivity contribution in [1.82, 2.24) is 9.78 Å². The summed E-state index contributed by atoms with van der Waals surface area (Å²) in [4.78, 5) is 0. The molecule has 0 amide bonds. The van der Waals surface area contributed by atoms with Crippen LogP contribution in [0.5, 0.6) is 0 Å². The zero-order valence-electron chi connectivity index (χ0n) is 6.99. The van der Waals surface area contributed by atoms with Crippen LogP contribution in [0.1, 0.15) is 25.5 Å². The average molecular weight is 154 g/mol. The summed E-state index contributed by atoms with van der Waals surface area (Å²) in [6, 6.07) is 1.99. The molecule has 1 N–H and O–H groups in total. The monoisotopic (exact) mass is 154 g/mol. The molecule has 0 saturated heterocycles. The fraction of sp³-hybridized carbons (Fsp3) is 0.625. The van der Waals surface area contributed by atoms with Crippen molar-refractivity contribution in [2.24, 2.45) is 0 Å². The van der Waals surface area contributed by atoms with Gasteiger partial charge in [0.15, 0.2) is 0 Å². The van der Waals surface area contributed by atoms with E-state index in [1.807, 2.05) is 12.3 Å². The highest BCUT2D eigenvalue weighted by atomic mass is 16.3. The second-order valence-electron chi connectivity index (χ2n) is 2.88. The van der Waals surface area contributed by atoms with Crippen molar-refractivity contribution in [2.75, 3.05) is 6.61 Å². The lowest BCUT2D eigenvalue weighted by molar-refractivity contribution is 0.269. The Labute approximate surface area is 66.7 Å². The van der Waals surface area contributed by atoms with E-state index in [0.717, 1.165) is 5.69 Å². The van der Waals surface area contributed by atoms with Crippen LogP contribution in [0.3, 0.4) is 0 Å². The van der Waals surface area contributed by atoms with Crippen LogP contribution >= 0.6 is 0 Å². The summed E-state index contributed by atoms with van der Waals surface area (Å²) in [5, 5.41) is 12.9. The second-order valence-corrected chi connectivity index (χ2v) is 2.88. The van der Waals surface area contributed by atoms with Gasteiger partial charge in [0.05, 0.1) is 18.8 Å². The maximum Gasteiger partial charge on any atom is 0.0649 e. The van der Waals surface area contributed by atoms with Crippen molar-refractivity contribution in [3.63, 3.8) is 0 Å². The number of aliphatic hydroxyl groups excluding tert-OH is 1. The first-order valence-corrected chi connectivity index (χ1v) is 3.88. The molecular formula is C8H14N2O. The van der Waals surface area contributed by atoms with Gasteiger partial charge in [0.1, 0.15) is 0 Å². The van der Waals surface area contributed by atoms with Crippen molar-refractivity contribution in [3.05, 3.63) is 18.0 Å². The molecule has 0 unspecified atom stereocenters. The van der Waals surface area contributed by atoms with Gasteiger partial charge in [0.25, 0.3) is 0 Å². The van der Waals surface area contributed by atoms with Gasteiger partial charge >= 0.3 is 0 Å². The minimum Gasteiger partial charge on any atom is -0.394 e. The quantitative estimate of drug-likeness (QED) is 0.705. The molecule has 3 nitrogen and oxygen atoms in total. The van der Waals surface area contributed by atoms with Gasteiger partial charge in [-0.3, -0.25) is 4.68 Å². The third-order valence-electron chi connectivity index (χ3n) is 1.58.